The summed E-state index contributed by atoms with van der Waals surface area (Å²) < 4.78 is 0. The van der Waals surface area contributed by atoms with E-state index in [2.05, 4.69) is 21.0 Å². The lowest BCUT2D eigenvalue weighted by Crippen LogP contribution is -2.35. The van der Waals surface area contributed by atoms with Crippen molar-refractivity contribution < 1.29 is 19.5 Å². The molecule has 0 radical (unpaired) electrons. The molecule has 196 valence electrons. The van der Waals surface area contributed by atoms with Crippen LogP contribution in [0.1, 0.15) is 44.9 Å². The lowest BCUT2D eigenvalue weighted by molar-refractivity contribution is 0.0766. The molecule has 3 N–H and O–H groups in total. The second-order valence-electron chi connectivity index (χ2n) is 8.70. The number of hydrogen-bond donors (Lipinski definition) is 3. The van der Waals surface area contributed by atoms with Crippen molar-refractivity contribution in [1.82, 2.24) is 30.2 Å². The summed E-state index contributed by atoms with van der Waals surface area (Å²) in [5, 5.41) is 19.3. The van der Waals surface area contributed by atoms with Crippen LogP contribution in [0.4, 0.5) is 5.69 Å². The molecular formula is C27H29N7O4. The van der Waals surface area contributed by atoms with Crippen LogP contribution < -0.4 is 10.9 Å². The minimum atomic E-state index is -0.526. The van der Waals surface area contributed by atoms with Gasteiger partial charge in [0.05, 0.1) is 16.8 Å². The molecule has 1 aromatic heterocycles. The van der Waals surface area contributed by atoms with Gasteiger partial charge in [0.1, 0.15) is 22.5 Å². The Balaban J connectivity index is 1.78. The van der Waals surface area contributed by atoms with Crippen LogP contribution in [0.25, 0.3) is 16.7 Å². The molecule has 0 fully saturated rings. The van der Waals surface area contributed by atoms with Crippen LogP contribution in [0.3, 0.4) is 0 Å². The Kier molecular flexibility index (Phi) is 7.56. The number of amides is 3. The predicted molar refractivity (Wildman–Crippen MR) is 143 cm³/mol. The van der Waals surface area contributed by atoms with E-state index in [1.807, 2.05) is 32.0 Å². The van der Waals surface area contributed by atoms with Crippen molar-refractivity contribution in [2.75, 3.05) is 32.6 Å². The molecule has 3 amide bonds. The second-order valence-corrected chi connectivity index (χ2v) is 8.70. The minimum Gasteiger partial charge on any atom is -0.506 e. The molecule has 0 aliphatic rings. The van der Waals surface area contributed by atoms with Crippen LogP contribution in [0, 0.1) is 0 Å². The largest absolute Gasteiger partial charge is 0.506 e. The smallest absolute Gasteiger partial charge is 0.270 e. The van der Waals surface area contributed by atoms with Crippen molar-refractivity contribution >= 4 is 34.4 Å². The molecule has 0 atom stereocenters. The van der Waals surface area contributed by atoms with Crippen molar-refractivity contribution in [3.05, 3.63) is 77.4 Å². The number of carbonyl (C=O) groups is 3. The van der Waals surface area contributed by atoms with E-state index in [4.69, 9.17) is 0 Å². The van der Waals surface area contributed by atoms with Crippen LogP contribution in [0.5, 0.6) is 5.75 Å². The van der Waals surface area contributed by atoms with Crippen molar-refractivity contribution in [1.29, 1.82) is 0 Å². The maximum absolute atomic E-state index is 13.4. The van der Waals surface area contributed by atoms with E-state index in [1.165, 1.54) is 40.0 Å². The number of aromatic hydroxyl groups is 1. The second kappa shape index (κ2) is 11.0. The van der Waals surface area contributed by atoms with Crippen molar-refractivity contribution in [2.24, 2.45) is 0 Å². The minimum absolute atomic E-state index is 0.116. The number of fused-ring (bicyclic) bond motifs is 1. The molecule has 0 aliphatic heterocycles. The Morgan fingerprint density at radius 2 is 1.50 bits per heavy atom. The zero-order valence-electron chi connectivity index (χ0n) is 21.6. The van der Waals surface area contributed by atoms with Gasteiger partial charge >= 0.3 is 0 Å². The first-order valence-electron chi connectivity index (χ1n) is 12.1. The number of hydrogen-bond acceptors (Lipinski definition) is 7. The number of nitrogens with one attached hydrogen (secondary N) is 2. The Morgan fingerprint density at radius 3 is 2.11 bits per heavy atom. The van der Waals surface area contributed by atoms with Gasteiger partial charge in [0.25, 0.3) is 17.7 Å². The van der Waals surface area contributed by atoms with Crippen LogP contribution in [0.15, 0.2) is 60.7 Å². The highest BCUT2D eigenvalue weighted by Crippen LogP contribution is 2.25. The topological polar surface area (TPSA) is 133 Å². The third-order valence-corrected chi connectivity index (χ3v) is 5.98. The molecule has 1 heterocycles. The summed E-state index contributed by atoms with van der Waals surface area (Å²) in [5.74, 6) is -1.23. The first-order chi connectivity index (χ1) is 18.2. The quantitative estimate of drug-likeness (QED) is 0.307. The normalized spacial score (nSPS) is 10.7. The van der Waals surface area contributed by atoms with Crippen molar-refractivity contribution in [3.8, 4) is 11.4 Å². The van der Waals surface area contributed by atoms with E-state index < -0.39 is 5.91 Å². The number of benzene rings is 3. The highest BCUT2D eigenvalue weighted by molar-refractivity contribution is 6.10. The van der Waals surface area contributed by atoms with Gasteiger partial charge in [-0.2, -0.15) is 0 Å². The molecule has 0 saturated heterocycles. The summed E-state index contributed by atoms with van der Waals surface area (Å²) in [4.78, 5) is 43.2. The Morgan fingerprint density at radius 1 is 0.868 bits per heavy atom. The number of carbonyl (C=O) groups excluding carboxylic acids is 3. The van der Waals surface area contributed by atoms with Gasteiger partial charge in [0.15, 0.2) is 0 Å². The van der Waals surface area contributed by atoms with E-state index in [-0.39, 0.29) is 34.4 Å². The Hall–Kier alpha value is -4.93. The first kappa shape index (κ1) is 26.1. The number of hydrazine groups is 1. The van der Waals surface area contributed by atoms with E-state index >= 15 is 0 Å². The predicted octanol–water partition coefficient (Wildman–Crippen LogP) is 3.07. The zero-order valence-corrected chi connectivity index (χ0v) is 21.6. The molecule has 4 aromatic rings. The van der Waals surface area contributed by atoms with Gasteiger partial charge in [-0.05, 0) is 56.3 Å². The summed E-state index contributed by atoms with van der Waals surface area (Å²) in [6, 6.07) is 16.5. The van der Waals surface area contributed by atoms with E-state index in [1.54, 1.807) is 31.1 Å². The van der Waals surface area contributed by atoms with Crippen molar-refractivity contribution in [3.63, 3.8) is 0 Å². The molecule has 38 heavy (non-hydrogen) atoms. The molecule has 0 bridgehead atoms. The SMILES string of the molecule is CCN(CC)C(=O)c1cc2nn(-c3cc(C(=O)N(C)C)ccc3O)nc2cc1C(=O)NNc1ccccc1. The van der Waals surface area contributed by atoms with Gasteiger partial charge in [-0.25, -0.2) is 0 Å². The fraction of sp³-hybridized carbons (Fsp3) is 0.222. The van der Waals surface area contributed by atoms with Gasteiger partial charge in [-0.15, -0.1) is 15.0 Å². The molecule has 11 heteroatoms. The number of phenolic OH excluding ortho intramolecular Hbond substituents is 1. The lowest BCUT2D eigenvalue weighted by Gasteiger charge is -2.20. The number of aromatic nitrogens is 3. The summed E-state index contributed by atoms with van der Waals surface area (Å²) >= 11 is 0. The monoisotopic (exact) mass is 515 g/mol. The van der Waals surface area contributed by atoms with E-state index in [0.29, 0.717) is 35.4 Å². The third kappa shape index (κ3) is 5.26. The molecule has 0 saturated carbocycles. The average molecular weight is 516 g/mol. The number of anilines is 1. The lowest BCUT2D eigenvalue weighted by atomic mass is 10.0. The highest BCUT2D eigenvalue weighted by Gasteiger charge is 2.24. The van der Waals surface area contributed by atoms with Gasteiger partial charge in [0.2, 0.25) is 0 Å². The van der Waals surface area contributed by atoms with Gasteiger partial charge in [-0.3, -0.25) is 25.2 Å². The molecule has 0 unspecified atom stereocenters. The molecule has 4 rings (SSSR count). The number of para-hydroxylation sites is 1. The first-order valence-corrected chi connectivity index (χ1v) is 12.1. The molecule has 0 aliphatic carbocycles. The van der Waals surface area contributed by atoms with Crippen LogP contribution in [0.2, 0.25) is 0 Å². The maximum Gasteiger partial charge on any atom is 0.270 e. The standard InChI is InChI=1S/C27H29N7O4/c1-5-33(6-2)27(38)20-16-22-21(15-19(20)25(36)29-28-18-10-8-7-9-11-18)30-34(31-22)23-14-17(12-13-24(23)35)26(37)32(3)4/h7-16,28,35H,5-6H2,1-4H3,(H,29,36). The van der Waals surface area contributed by atoms with Gasteiger partial charge in [-0.1, -0.05) is 18.2 Å². The van der Waals surface area contributed by atoms with Crippen molar-refractivity contribution in [2.45, 2.75) is 13.8 Å². The fourth-order valence-electron chi connectivity index (χ4n) is 3.91. The maximum atomic E-state index is 13.4. The van der Waals surface area contributed by atoms with Gasteiger partial charge < -0.3 is 14.9 Å². The van der Waals surface area contributed by atoms with Crippen LogP contribution in [-0.2, 0) is 0 Å². The molecule has 0 spiro atoms. The summed E-state index contributed by atoms with van der Waals surface area (Å²) in [6.07, 6.45) is 0. The van der Waals surface area contributed by atoms with Crippen LogP contribution >= 0.6 is 0 Å². The summed E-state index contributed by atoms with van der Waals surface area (Å²) in [5.41, 5.74) is 7.63. The average Bonchev–Trinajstić information content (AvgIpc) is 3.35. The summed E-state index contributed by atoms with van der Waals surface area (Å²) in [6.45, 7) is 4.64. The van der Waals surface area contributed by atoms with Gasteiger partial charge in [0, 0.05) is 32.7 Å². The third-order valence-electron chi connectivity index (χ3n) is 5.98. The fourth-order valence-corrected chi connectivity index (χ4v) is 3.91. The Labute approximate surface area is 219 Å². The highest BCUT2D eigenvalue weighted by atomic mass is 16.3. The number of phenols is 1. The Bertz CT molecular complexity index is 1490. The van der Waals surface area contributed by atoms with Crippen LogP contribution in [-0.4, -0.2) is 74.8 Å². The molecule has 3 aromatic carbocycles. The number of rotatable bonds is 8. The van der Waals surface area contributed by atoms with E-state index in [9.17, 15) is 19.5 Å². The molecular weight excluding hydrogens is 486 g/mol. The number of nitrogens with zero attached hydrogens (tertiary/aromatic N) is 5. The zero-order chi connectivity index (χ0) is 27.4. The van der Waals surface area contributed by atoms with E-state index in [0.717, 1.165) is 0 Å². The molecule has 11 nitrogen and oxygen atoms in total. The summed E-state index contributed by atoms with van der Waals surface area (Å²) in [7, 11) is 3.26.